The number of hydrogen-bond donors (Lipinski definition) is 1. The van der Waals surface area contributed by atoms with Crippen molar-refractivity contribution in [2.75, 3.05) is 14.2 Å². The van der Waals surface area contributed by atoms with E-state index in [-0.39, 0.29) is 12.3 Å². The van der Waals surface area contributed by atoms with Crippen LogP contribution >= 0.6 is 0 Å². The van der Waals surface area contributed by atoms with Crippen molar-refractivity contribution in [3.8, 4) is 11.5 Å². The molecule has 0 fully saturated rings. The maximum Gasteiger partial charge on any atom is 0.216 e. The van der Waals surface area contributed by atoms with Crippen molar-refractivity contribution < 1.29 is 17.9 Å². The van der Waals surface area contributed by atoms with Crippen molar-refractivity contribution in [2.45, 2.75) is 26.1 Å². The minimum Gasteiger partial charge on any atom is -0.496 e. The van der Waals surface area contributed by atoms with E-state index in [1.807, 2.05) is 44.2 Å². The molecule has 0 heterocycles. The third kappa shape index (κ3) is 4.72. The average Bonchev–Trinajstić information content (AvgIpc) is 2.53. The van der Waals surface area contributed by atoms with E-state index >= 15 is 0 Å². The van der Waals surface area contributed by atoms with Crippen LogP contribution in [0.3, 0.4) is 0 Å². The van der Waals surface area contributed by atoms with Gasteiger partial charge in [-0.2, -0.15) is 0 Å². The maximum atomic E-state index is 12.3. The Kier molecular flexibility index (Phi) is 5.85. The molecule has 0 radical (unpaired) electrons. The van der Waals surface area contributed by atoms with Crippen LogP contribution < -0.4 is 14.2 Å². The third-order valence-corrected chi connectivity index (χ3v) is 5.02. The first-order chi connectivity index (χ1) is 11.3. The zero-order valence-electron chi connectivity index (χ0n) is 14.4. The van der Waals surface area contributed by atoms with E-state index in [0.29, 0.717) is 11.5 Å². The topological polar surface area (TPSA) is 64.6 Å². The van der Waals surface area contributed by atoms with Crippen molar-refractivity contribution >= 4 is 10.0 Å². The molecule has 0 aromatic heterocycles. The fraction of sp³-hybridized carbons (Fsp3) is 0.333. The van der Waals surface area contributed by atoms with Crippen LogP contribution in [0, 0.1) is 13.8 Å². The van der Waals surface area contributed by atoms with E-state index in [1.165, 1.54) is 0 Å². The first-order valence-electron chi connectivity index (χ1n) is 7.59. The van der Waals surface area contributed by atoms with Gasteiger partial charge in [-0.25, -0.2) is 13.1 Å². The number of nitrogens with one attached hydrogen (secondary N) is 1. The van der Waals surface area contributed by atoms with Crippen LogP contribution in [0.4, 0.5) is 0 Å². The molecule has 0 aliphatic heterocycles. The van der Waals surface area contributed by atoms with Gasteiger partial charge in [0.15, 0.2) is 0 Å². The zero-order valence-corrected chi connectivity index (χ0v) is 15.2. The Labute approximate surface area is 143 Å². The van der Waals surface area contributed by atoms with Gasteiger partial charge in [0, 0.05) is 12.1 Å². The van der Waals surface area contributed by atoms with Gasteiger partial charge in [-0.05, 0) is 37.1 Å². The average molecular weight is 349 g/mol. The number of aryl methyl sites for hydroxylation is 2. The summed E-state index contributed by atoms with van der Waals surface area (Å²) in [7, 11) is -0.305. The van der Waals surface area contributed by atoms with E-state index in [4.69, 9.17) is 9.47 Å². The van der Waals surface area contributed by atoms with Crippen LogP contribution in [0.2, 0.25) is 0 Å². The van der Waals surface area contributed by atoms with Crippen LogP contribution in [0.15, 0.2) is 36.4 Å². The lowest BCUT2D eigenvalue weighted by molar-refractivity contribution is 0.396. The van der Waals surface area contributed by atoms with Gasteiger partial charge in [0.25, 0.3) is 0 Å². The smallest absolute Gasteiger partial charge is 0.216 e. The highest BCUT2D eigenvalue weighted by Crippen LogP contribution is 2.28. The lowest BCUT2D eigenvalue weighted by Crippen LogP contribution is -2.25. The summed E-state index contributed by atoms with van der Waals surface area (Å²) in [6, 6.07) is 11.1. The largest absolute Gasteiger partial charge is 0.496 e. The molecule has 2 aromatic rings. The number of rotatable bonds is 7. The molecule has 0 bridgehead atoms. The van der Waals surface area contributed by atoms with Crippen molar-refractivity contribution in [1.29, 1.82) is 0 Å². The molecule has 0 spiro atoms. The quantitative estimate of drug-likeness (QED) is 0.835. The molecule has 0 saturated carbocycles. The summed E-state index contributed by atoms with van der Waals surface area (Å²) >= 11 is 0. The Hall–Kier alpha value is -2.05. The van der Waals surface area contributed by atoms with Gasteiger partial charge in [-0.3, -0.25) is 0 Å². The number of methoxy groups -OCH3 is 2. The molecule has 24 heavy (non-hydrogen) atoms. The Balaban J connectivity index is 2.14. The number of benzene rings is 2. The standard InChI is InChI=1S/C18H23NO4S/c1-13-6-5-7-15(8-13)12-24(20,21)19-11-16-10-17(22-3)14(2)9-18(16)23-4/h5-10,19H,11-12H2,1-4H3. The highest BCUT2D eigenvalue weighted by Gasteiger charge is 2.14. The van der Waals surface area contributed by atoms with Gasteiger partial charge < -0.3 is 9.47 Å². The monoisotopic (exact) mass is 349 g/mol. The molecule has 5 nitrogen and oxygen atoms in total. The van der Waals surface area contributed by atoms with Crippen LogP contribution in [0.1, 0.15) is 22.3 Å². The summed E-state index contributed by atoms with van der Waals surface area (Å²) in [6.07, 6.45) is 0. The Bertz CT molecular complexity index is 816. The van der Waals surface area contributed by atoms with Crippen LogP contribution in [-0.2, 0) is 22.3 Å². The first kappa shape index (κ1) is 18.3. The van der Waals surface area contributed by atoms with Gasteiger partial charge in [-0.15, -0.1) is 0 Å². The molecule has 2 rings (SSSR count). The molecular formula is C18H23NO4S. The summed E-state index contributed by atoms with van der Waals surface area (Å²) in [4.78, 5) is 0. The van der Waals surface area contributed by atoms with E-state index in [9.17, 15) is 8.42 Å². The summed E-state index contributed by atoms with van der Waals surface area (Å²) in [5, 5.41) is 0. The lowest BCUT2D eigenvalue weighted by Gasteiger charge is -2.14. The Morgan fingerprint density at radius 3 is 2.33 bits per heavy atom. The van der Waals surface area contributed by atoms with E-state index in [1.54, 1.807) is 20.3 Å². The number of sulfonamides is 1. The minimum absolute atomic E-state index is 0.0556. The van der Waals surface area contributed by atoms with Crippen molar-refractivity contribution in [3.63, 3.8) is 0 Å². The highest BCUT2D eigenvalue weighted by atomic mass is 32.2. The lowest BCUT2D eigenvalue weighted by atomic mass is 10.1. The zero-order chi connectivity index (χ0) is 17.7. The van der Waals surface area contributed by atoms with E-state index in [0.717, 1.165) is 22.3 Å². The molecule has 0 unspecified atom stereocenters. The molecule has 0 saturated heterocycles. The van der Waals surface area contributed by atoms with Crippen molar-refractivity contribution in [1.82, 2.24) is 4.72 Å². The van der Waals surface area contributed by atoms with Crippen LogP contribution in [0.5, 0.6) is 11.5 Å². The normalized spacial score (nSPS) is 11.3. The summed E-state index contributed by atoms with van der Waals surface area (Å²) in [5.41, 5.74) is 3.46. The van der Waals surface area contributed by atoms with E-state index < -0.39 is 10.0 Å². The summed E-state index contributed by atoms with van der Waals surface area (Å²) < 4.78 is 37.9. The molecular weight excluding hydrogens is 326 g/mol. The Morgan fingerprint density at radius 2 is 1.71 bits per heavy atom. The fourth-order valence-electron chi connectivity index (χ4n) is 2.51. The van der Waals surface area contributed by atoms with E-state index in [2.05, 4.69) is 4.72 Å². The molecule has 1 N–H and O–H groups in total. The molecule has 0 atom stereocenters. The van der Waals surface area contributed by atoms with Crippen molar-refractivity contribution in [2.24, 2.45) is 0 Å². The summed E-state index contributed by atoms with van der Waals surface area (Å²) in [5.74, 6) is 1.27. The molecule has 0 aliphatic rings. The Morgan fingerprint density at radius 1 is 1.00 bits per heavy atom. The molecule has 2 aromatic carbocycles. The molecule has 0 amide bonds. The molecule has 0 aliphatic carbocycles. The van der Waals surface area contributed by atoms with Gasteiger partial charge in [0.1, 0.15) is 11.5 Å². The fourth-order valence-corrected chi connectivity index (χ4v) is 3.61. The van der Waals surface area contributed by atoms with Crippen LogP contribution in [-0.4, -0.2) is 22.6 Å². The predicted molar refractivity (Wildman–Crippen MR) is 94.9 cm³/mol. The van der Waals surface area contributed by atoms with Gasteiger partial charge >= 0.3 is 0 Å². The van der Waals surface area contributed by atoms with Gasteiger partial charge in [-0.1, -0.05) is 29.8 Å². The SMILES string of the molecule is COc1cc(CNS(=O)(=O)Cc2cccc(C)c2)c(OC)cc1C. The second-order valence-corrected chi connectivity index (χ2v) is 7.51. The minimum atomic E-state index is -3.45. The first-order valence-corrected chi connectivity index (χ1v) is 9.24. The van der Waals surface area contributed by atoms with Crippen LogP contribution in [0.25, 0.3) is 0 Å². The molecule has 6 heteroatoms. The number of ether oxygens (including phenoxy) is 2. The van der Waals surface area contributed by atoms with Gasteiger partial charge in [0.05, 0.1) is 20.0 Å². The molecule has 130 valence electrons. The van der Waals surface area contributed by atoms with Gasteiger partial charge in [0.2, 0.25) is 10.0 Å². The number of hydrogen-bond acceptors (Lipinski definition) is 4. The second-order valence-electron chi connectivity index (χ2n) is 5.70. The maximum absolute atomic E-state index is 12.3. The second kappa shape index (κ2) is 7.68. The third-order valence-electron chi connectivity index (χ3n) is 3.72. The highest BCUT2D eigenvalue weighted by molar-refractivity contribution is 7.88. The summed E-state index contributed by atoms with van der Waals surface area (Å²) in [6.45, 7) is 3.99. The predicted octanol–water partition coefficient (Wildman–Crippen LogP) is 2.94. The van der Waals surface area contributed by atoms with Crippen molar-refractivity contribution in [3.05, 3.63) is 58.7 Å².